The first-order chi connectivity index (χ1) is 69.7. The quantitative estimate of drug-likeness (QED) is 0.0129. The van der Waals surface area contributed by atoms with Crippen molar-refractivity contribution in [1.29, 1.82) is 5.41 Å². The number of primary amides is 1. The molecule has 822 valence electrons. The lowest BCUT2D eigenvalue weighted by atomic mass is 9.96. The molecule has 21 atom stereocenters. The van der Waals surface area contributed by atoms with Crippen molar-refractivity contribution in [3.63, 3.8) is 0 Å². The number of hydrogen-bond donors (Lipinski definition) is 30. The number of aromatic hydroxyl groups is 1. The molecular weight excluding hydrogens is 1960 g/mol. The first-order valence-corrected chi connectivity index (χ1v) is 52.2. The number of guanidine groups is 1. The van der Waals surface area contributed by atoms with Gasteiger partial charge in [-0.15, -0.1) is 0 Å². The van der Waals surface area contributed by atoms with E-state index in [1.54, 1.807) is 58.0 Å². The van der Waals surface area contributed by atoms with Crippen LogP contribution in [0.15, 0.2) is 54.6 Å². The number of benzene rings is 2. The van der Waals surface area contributed by atoms with Gasteiger partial charge in [-0.3, -0.25) is 96.5 Å². The lowest BCUT2D eigenvalue weighted by Crippen LogP contribution is -2.63. The average Bonchev–Trinajstić information content (AvgIpc) is 1.74. The highest BCUT2D eigenvalue weighted by molar-refractivity contribution is 8.76. The molecular formula is C94H155N27O24S2. The smallest absolute Gasteiger partial charge is 0.326 e. The molecule has 0 aromatic heterocycles. The number of aliphatic carboxylic acids is 1. The Bertz CT molecular complexity index is 4690. The zero-order valence-corrected chi connectivity index (χ0v) is 86.3. The van der Waals surface area contributed by atoms with Gasteiger partial charge in [-0.2, -0.15) is 0 Å². The predicted molar refractivity (Wildman–Crippen MR) is 545 cm³/mol. The fourth-order valence-corrected chi connectivity index (χ4v) is 17.8. The third kappa shape index (κ3) is 45.7. The van der Waals surface area contributed by atoms with E-state index in [2.05, 4.69) is 95.7 Å². The Labute approximate surface area is 862 Å². The van der Waals surface area contributed by atoms with Crippen LogP contribution in [0.5, 0.6) is 5.75 Å². The molecule has 19 amide bonds. The average molecular weight is 2110 g/mol. The van der Waals surface area contributed by atoms with Crippen molar-refractivity contribution < 1.29 is 116 Å². The van der Waals surface area contributed by atoms with Gasteiger partial charge >= 0.3 is 5.97 Å². The minimum atomic E-state index is -1.95. The van der Waals surface area contributed by atoms with Crippen LogP contribution in [0.2, 0.25) is 0 Å². The lowest BCUT2D eigenvalue weighted by molar-refractivity contribution is -0.142. The summed E-state index contributed by atoms with van der Waals surface area (Å²) in [6, 6.07) is -13.2. The maximum atomic E-state index is 15.1. The third-order valence-corrected chi connectivity index (χ3v) is 27.0. The summed E-state index contributed by atoms with van der Waals surface area (Å²) in [6.45, 7) is 9.95. The molecule has 0 bridgehead atoms. The van der Waals surface area contributed by atoms with Crippen LogP contribution in [0, 0.1) is 17.2 Å². The number of nitrogens with zero attached hydrogens (tertiary/aromatic N) is 1. The van der Waals surface area contributed by atoms with Crippen LogP contribution < -0.4 is 136 Å². The van der Waals surface area contributed by atoms with Crippen molar-refractivity contribution in [3.05, 3.63) is 65.7 Å². The van der Waals surface area contributed by atoms with E-state index in [9.17, 15) is 107 Å². The van der Waals surface area contributed by atoms with Crippen molar-refractivity contribution >= 4 is 146 Å². The summed E-state index contributed by atoms with van der Waals surface area (Å²) in [7, 11) is 1.78. The number of carbonyl (C=O) groups is 20. The number of fused-ring (bicyclic) bond motifs is 1. The van der Waals surface area contributed by atoms with Gasteiger partial charge in [0.2, 0.25) is 112 Å². The highest BCUT2D eigenvalue weighted by Crippen LogP contribution is 2.28. The van der Waals surface area contributed by atoms with Gasteiger partial charge in [0.15, 0.2) is 5.96 Å². The number of unbranched alkanes of at least 4 members (excludes halogenated alkanes) is 4. The summed E-state index contributed by atoms with van der Waals surface area (Å²) in [5, 5.41) is 96.5. The molecule has 2 aromatic rings. The van der Waals surface area contributed by atoms with E-state index in [0.29, 0.717) is 24.8 Å². The summed E-state index contributed by atoms with van der Waals surface area (Å²) in [5.41, 5.74) is 41.2. The van der Waals surface area contributed by atoms with Gasteiger partial charge < -0.3 is 161 Å². The van der Waals surface area contributed by atoms with Crippen LogP contribution in [-0.2, 0) is 109 Å². The number of phenols is 1. The van der Waals surface area contributed by atoms with E-state index in [4.69, 9.17) is 45.5 Å². The molecule has 0 aliphatic carbocycles. The van der Waals surface area contributed by atoms with Crippen LogP contribution in [0.4, 0.5) is 0 Å². The Morgan fingerprint density at radius 3 is 1.39 bits per heavy atom. The highest BCUT2D eigenvalue weighted by atomic mass is 33.1. The monoisotopic (exact) mass is 2110 g/mol. The Balaban J connectivity index is 1.92. The number of nitrogens with one attached hydrogen (secondary N) is 19. The van der Waals surface area contributed by atoms with E-state index in [0.717, 1.165) is 35.4 Å². The summed E-state index contributed by atoms with van der Waals surface area (Å²) >= 11 is 0. The van der Waals surface area contributed by atoms with Crippen molar-refractivity contribution in [1.82, 2.24) is 101 Å². The lowest BCUT2D eigenvalue weighted by Gasteiger charge is -2.32. The maximum absolute atomic E-state index is 15.1. The summed E-state index contributed by atoms with van der Waals surface area (Å²) < 4.78 is 0. The number of amides is 19. The molecule has 2 aliphatic rings. The number of nitrogens with two attached hydrogens (primary N) is 7. The molecule has 0 saturated carbocycles. The van der Waals surface area contributed by atoms with Gasteiger partial charge in [0.25, 0.3) is 0 Å². The molecule has 51 nitrogen and oxygen atoms in total. The van der Waals surface area contributed by atoms with Crippen molar-refractivity contribution in [2.75, 3.05) is 63.9 Å². The first kappa shape index (κ1) is 127. The third-order valence-electron chi connectivity index (χ3n) is 24.6. The SMILES string of the molecule is CC[C@H](C)[C@@H]1NC(=O)[C@H](CCCCN)NC(=O)[C@H]([C@@H](C)O)NC(=O)[C@H](Cc2ccccc2)NC(=O)[C@H]([C@@H](C)CC)NC(=O)[C@@H]2CCCN2C(=O)[C@@H](NC(=O)[C@H](C)N)CSSC[C@@H](C(=O)N[C@@H](CCCCN)C(=O)O)NC(=O)[C@H](CCCCN)NC(=O)[C@H](C)NC(=O)[C@H](CCCCN)NC(=O)CNC(=O)[C@H](CCCNC(=N)N)NC(=O)[C@H](Cc2ccc(O)cc2)NC(=O)[C@H]([C@@H](C)O)NC(=O)CNC(=O)[C@H](CCC(N)=O)NC1=O. The number of carbonyl (C=O) groups excluding carboxylic acids is 19. The van der Waals surface area contributed by atoms with E-state index in [1.807, 2.05) is 0 Å². The molecule has 0 radical (unpaired) electrons. The minimum absolute atomic E-state index is 0.00823. The molecule has 4 rings (SSSR count). The second-order valence-electron chi connectivity index (χ2n) is 36.7. The van der Waals surface area contributed by atoms with Crippen LogP contribution in [-0.4, -0.2) is 328 Å². The molecule has 37 N–H and O–H groups in total. The number of phenolic OH excluding ortho intramolecular Hbond substituents is 1. The van der Waals surface area contributed by atoms with Gasteiger partial charge in [-0.05, 0) is 198 Å². The number of carboxylic acids is 1. The minimum Gasteiger partial charge on any atom is -0.508 e. The maximum Gasteiger partial charge on any atom is 0.326 e. The number of aliphatic hydroxyl groups is 2. The van der Waals surface area contributed by atoms with E-state index >= 15 is 9.59 Å². The molecule has 2 aliphatic heterocycles. The summed E-state index contributed by atoms with van der Waals surface area (Å²) in [4.78, 5) is 288. The zero-order valence-electron chi connectivity index (χ0n) is 84.7. The van der Waals surface area contributed by atoms with E-state index in [1.165, 1.54) is 43.0 Å². The Kier molecular flexibility index (Phi) is 57.9. The number of hydrogen-bond acceptors (Lipinski definition) is 31. The molecule has 0 unspecified atom stereocenters. The fraction of sp³-hybridized carbons (Fsp3) is 0.649. The summed E-state index contributed by atoms with van der Waals surface area (Å²) in [6.07, 6.45) is -3.31. The normalized spacial score (nSPS) is 24.8. The van der Waals surface area contributed by atoms with Gasteiger partial charge in [0.1, 0.15) is 102 Å². The fourth-order valence-electron chi connectivity index (χ4n) is 15.5. The first-order valence-electron chi connectivity index (χ1n) is 49.7. The highest BCUT2D eigenvalue weighted by Gasteiger charge is 2.44. The molecule has 147 heavy (non-hydrogen) atoms. The van der Waals surface area contributed by atoms with Gasteiger partial charge in [0, 0.05) is 43.9 Å². The molecule has 2 saturated heterocycles. The van der Waals surface area contributed by atoms with E-state index in [-0.39, 0.29) is 159 Å². The molecule has 2 heterocycles. The van der Waals surface area contributed by atoms with Crippen molar-refractivity contribution in [2.45, 2.75) is 312 Å². The van der Waals surface area contributed by atoms with Crippen molar-refractivity contribution in [2.24, 2.45) is 52.0 Å². The Hall–Kier alpha value is -12.7. The standard InChI is InChI=1S/C94H155N27O24S2/c1-9-50(3)73-88(139)111-63(36-37-70(100)125)80(131)105-47-72(127)117-75(54(7)122)90(141)114-65(45-57-32-34-58(124)35-33-57)84(135)109-59(30-22-42-103-94(101)102)79(130)104-46-71(126)107-60(26-14-18-38-95)81(132)106-53(6)78(129)108-61(27-15-19-39-96)82(133)115-67(86(137)112-64(93(144)145)29-17-21-41-98)48-146-147-49-68(116-77(128)52(5)99)92(143)121-43-23-31-69(121)87(138)119-74(51(4)10-2)89(140)113-66(44-56-24-12-11-13-25-56)85(136)120-76(55(8)123)91(142)110-62(83(134)118-73)28-16-20-40-97/h11-13,24-25,32-35,50-55,59-69,73-76,122-124H,9-10,14-23,26-31,36-49,95-99H2,1-8H3,(H2,100,125)(H,104,130)(H,105,131)(H,106,132)(H,107,126)(H,108,129)(H,109,135)(H,110,142)(H,111,139)(H,112,137)(H,113,140)(H,114,141)(H,115,133)(H,116,128)(H,117,127)(H,118,134)(H,119,138)(H,120,136)(H,144,145)(H4,101,102,103)/t50-,51-,52-,53-,54+,55+,59-,60-,61-,62-,63-,64-,65-,66-,67-,68-,69-,73-,74-,75-,76-/m0/s1. The molecule has 53 heteroatoms. The van der Waals surface area contributed by atoms with Crippen LogP contribution >= 0.6 is 21.6 Å². The number of carboxylic acid groups (broad SMARTS) is 1. The van der Waals surface area contributed by atoms with Gasteiger partial charge in [-0.25, -0.2) is 4.79 Å². The molecule has 2 aromatic carbocycles. The number of aliphatic hydroxyl groups excluding tert-OH is 2. The largest absolute Gasteiger partial charge is 0.508 e. The second kappa shape index (κ2) is 67.2. The van der Waals surface area contributed by atoms with E-state index < -0.39 is 289 Å². The van der Waals surface area contributed by atoms with Gasteiger partial charge in [0.05, 0.1) is 31.3 Å². The van der Waals surface area contributed by atoms with Crippen LogP contribution in [0.1, 0.15) is 195 Å². The van der Waals surface area contributed by atoms with Crippen LogP contribution in [0.3, 0.4) is 0 Å². The van der Waals surface area contributed by atoms with Crippen LogP contribution in [0.25, 0.3) is 0 Å². The molecule has 2 fully saturated rings. The Morgan fingerprint density at radius 2 is 0.891 bits per heavy atom. The van der Waals surface area contributed by atoms with Gasteiger partial charge in [-0.1, -0.05) is 105 Å². The predicted octanol–water partition coefficient (Wildman–Crippen LogP) is -7.58. The zero-order chi connectivity index (χ0) is 110. The molecule has 0 spiro atoms. The Morgan fingerprint density at radius 1 is 0.476 bits per heavy atom. The summed E-state index contributed by atoms with van der Waals surface area (Å²) in [5.74, 6) is -23.4. The topological polar surface area (TPSA) is 848 Å². The second-order valence-corrected chi connectivity index (χ2v) is 39.2. The van der Waals surface area contributed by atoms with Crippen molar-refractivity contribution in [3.8, 4) is 5.75 Å². The number of rotatable bonds is 38.